The van der Waals surface area contributed by atoms with Crippen molar-refractivity contribution >= 4 is 28.3 Å². The fraction of sp³-hybridized carbons (Fsp3) is 0.150. The molecule has 0 saturated carbocycles. The van der Waals surface area contributed by atoms with Crippen molar-refractivity contribution < 1.29 is 14.1 Å². The normalized spacial score (nSPS) is 10.4. The van der Waals surface area contributed by atoms with Crippen LogP contribution in [0.4, 0.5) is 15.9 Å². The van der Waals surface area contributed by atoms with Crippen molar-refractivity contribution in [3.05, 3.63) is 75.1 Å². The van der Waals surface area contributed by atoms with E-state index in [0.29, 0.717) is 28.8 Å². The first kappa shape index (κ1) is 19.7. The Morgan fingerprint density at radius 2 is 2.03 bits per heavy atom. The number of hydrogen-bond acceptors (Lipinski definition) is 6. The number of aromatic nitrogens is 1. The second-order valence-electron chi connectivity index (χ2n) is 6.27. The minimum atomic E-state index is -0.532. The molecule has 8 nitrogen and oxygen atoms in total. The standard InChI is InChI=1S/C20H16FN5O3/c1-12-2-3-13(8-17(12)21)20(27)24-7-6-23-19-9-14(11-22)16-10-15(26(28)29)4-5-18(16)25-19/h2-5,8-10H,6-7H2,1H3,(H,23,25)(H,24,27). The largest absolute Gasteiger partial charge is 0.368 e. The summed E-state index contributed by atoms with van der Waals surface area (Å²) in [7, 11) is 0. The number of aryl methyl sites for hydroxylation is 1. The molecule has 0 aliphatic carbocycles. The molecule has 3 aromatic rings. The molecule has 0 atom stereocenters. The monoisotopic (exact) mass is 393 g/mol. The highest BCUT2D eigenvalue weighted by molar-refractivity contribution is 5.94. The Morgan fingerprint density at radius 1 is 1.24 bits per heavy atom. The molecule has 0 aliphatic rings. The van der Waals surface area contributed by atoms with Crippen LogP contribution in [0.1, 0.15) is 21.5 Å². The number of rotatable bonds is 6. The number of nitriles is 1. The van der Waals surface area contributed by atoms with Crippen molar-refractivity contribution in [1.29, 1.82) is 5.26 Å². The maximum absolute atomic E-state index is 13.6. The van der Waals surface area contributed by atoms with Crippen LogP contribution in [0.5, 0.6) is 0 Å². The molecule has 0 unspecified atom stereocenters. The summed E-state index contributed by atoms with van der Waals surface area (Å²) < 4.78 is 13.6. The van der Waals surface area contributed by atoms with Crippen LogP contribution in [0.2, 0.25) is 0 Å². The highest BCUT2D eigenvalue weighted by atomic mass is 19.1. The van der Waals surface area contributed by atoms with Crippen LogP contribution in [0.25, 0.3) is 10.9 Å². The molecule has 9 heteroatoms. The first-order valence-electron chi connectivity index (χ1n) is 8.66. The van der Waals surface area contributed by atoms with Gasteiger partial charge in [0.15, 0.2) is 0 Å². The lowest BCUT2D eigenvalue weighted by Gasteiger charge is -2.09. The maximum Gasteiger partial charge on any atom is 0.270 e. The second-order valence-corrected chi connectivity index (χ2v) is 6.27. The van der Waals surface area contributed by atoms with Gasteiger partial charge in [-0.3, -0.25) is 14.9 Å². The van der Waals surface area contributed by atoms with Gasteiger partial charge >= 0.3 is 0 Å². The number of nitro benzene ring substituents is 1. The number of non-ortho nitro benzene ring substituents is 1. The molecule has 0 bridgehead atoms. The summed E-state index contributed by atoms with van der Waals surface area (Å²) in [6, 6.07) is 11.9. The summed E-state index contributed by atoms with van der Waals surface area (Å²) >= 11 is 0. The van der Waals surface area contributed by atoms with E-state index in [-0.39, 0.29) is 23.4 Å². The van der Waals surface area contributed by atoms with E-state index < -0.39 is 16.6 Å². The predicted octanol–water partition coefficient (Wildman–Crippen LogP) is 3.30. The van der Waals surface area contributed by atoms with E-state index in [2.05, 4.69) is 15.6 Å². The van der Waals surface area contributed by atoms with Gasteiger partial charge in [-0.25, -0.2) is 9.37 Å². The number of nitrogens with zero attached hydrogens (tertiary/aromatic N) is 3. The number of halogens is 1. The third-order valence-corrected chi connectivity index (χ3v) is 4.27. The third kappa shape index (κ3) is 4.44. The van der Waals surface area contributed by atoms with Gasteiger partial charge in [-0.15, -0.1) is 0 Å². The number of carbonyl (C=O) groups excluding carboxylic acids is 1. The Kier molecular flexibility index (Phi) is 5.64. The van der Waals surface area contributed by atoms with Crippen molar-refractivity contribution in [1.82, 2.24) is 10.3 Å². The molecule has 3 rings (SSSR count). The molecule has 0 saturated heterocycles. The Morgan fingerprint density at radius 3 is 2.72 bits per heavy atom. The number of pyridine rings is 1. The molecule has 1 amide bonds. The van der Waals surface area contributed by atoms with Crippen molar-refractivity contribution in [3.63, 3.8) is 0 Å². The van der Waals surface area contributed by atoms with Crippen LogP contribution < -0.4 is 10.6 Å². The Labute approximate surface area is 165 Å². The van der Waals surface area contributed by atoms with Crippen molar-refractivity contribution in [2.75, 3.05) is 18.4 Å². The van der Waals surface area contributed by atoms with Gasteiger partial charge in [0.05, 0.1) is 22.1 Å². The number of nitrogens with one attached hydrogen (secondary N) is 2. The maximum atomic E-state index is 13.6. The molecule has 0 fully saturated rings. The number of hydrogen-bond donors (Lipinski definition) is 2. The van der Waals surface area contributed by atoms with E-state index in [1.54, 1.807) is 13.0 Å². The molecule has 0 radical (unpaired) electrons. The Bertz CT molecular complexity index is 1160. The van der Waals surface area contributed by atoms with Gasteiger partial charge in [0, 0.05) is 36.2 Å². The van der Waals surface area contributed by atoms with E-state index in [4.69, 9.17) is 0 Å². The summed E-state index contributed by atoms with van der Waals surface area (Å²) in [5.74, 6) is -0.443. The van der Waals surface area contributed by atoms with Crippen molar-refractivity contribution in [2.24, 2.45) is 0 Å². The van der Waals surface area contributed by atoms with Crippen LogP contribution in [0, 0.1) is 34.2 Å². The highest BCUT2D eigenvalue weighted by Gasteiger charge is 2.12. The van der Waals surface area contributed by atoms with Crippen LogP contribution >= 0.6 is 0 Å². The van der Waals surface area contributed by atoms with Gasteiger partial charge in [0.25, 0.3) is 11.6 Å². The topological polar surface area (TPSA) is 121 Å². The van der Waals surface area contributed by atoms with Gasteiger partial charge in [-0.1, -0.05) is 6.07 Å². The van der Waals surface area contributed by atoms with Crippen LogP contribution in [0.3, 0.4) is 0 Å². The van der Waals surface area contributed by atoms with Gasteiger partial charge in [-0.05, 0) is 36.8 Å². The average molecular weight is 393 g/mol. The molecular weight excluding hydrogens is 377 g/mol. The molecule has 2 aromatic carbocycles. The molecule has 0 aliphatic heterocycles. The minimum Gasteiger partial charge on any atom is -0.368 e. The van der Waals surface area contributed by atoms with Gasteiger partial charge < -0.3 is 10.6 Å². The number of nitro groups is 1. The van der Waals surface area contributed by atoms with Crippen molar-refractivity contribution in [2.45, 2.75) is 6.92 Å². The molecular formula is C20H16FN5O3. The van der Waals surface area contributed by atoms with Crippen LogP contribution in [-0.4, -0.2) is 28.9 Å². The second kappa shape index (κ2) is 8.31. The fourth-order valence-electron chi connectivity index (χ4n) is 2.71. The molecule has 2 N–H and O–H groups in total. The van der Waals surface area contributed by atoms with Gasteiger partial charge in [0.1, 0.15) is 11.6 Å². The number of benzene rings is 2. The van der Waals surface area contributed by atoms with E-state index in [0.717, 1.165) is 0 Å². The number of amides is 1. The van der Waals surface area contributed by atoms with Crippen molar-refractivity contribution in [3.8, 4) is 6.07 Å². The molecule has 1 aromatic heterocycles. The number of anilines is 1. The van der Waals surface area contributed by atoms with E-state index >= 15 is 0 Å². The zero-order chi connectivity index (χ0) is 21.0. The van der Waals surface area contributed by atoms with Gasteiger partial charge in [-0.2, -0.15) is 5.26 Å². The lowest BCUT2D eigenvalue weighted by atomic mass is 10.1. The fourth-order valence-corrected chi connectivity index (χ4v) is 2.71. The lowest BCUT2D eigenvalue weighted by molar-refractivity contribution is -0.384. The summed E-state index contributed by atoms with van der Waals surface area (Å²) in [5, 5.41) is 26.3. The average Bonchev–Trinajstić information content (AvgIpc) is 2.71. The van der Waals surface area contributed by atoms with E-state index in [1.165, 1.54) is 36.4 Å². The van der Waals surface area contributed by atoms with Gasteiger partial charge in [0.2, 0.25) is 0 Å². The van der Waals surface area contributed by atoms with Crippen LogP contribution in [-0.2, 0) is 0 Å². The zero-order valence-corrected chi connectivity index (χ0v) is 15.4. The lowest BCUT2D eigenvalue weighted by Crippen LogP contribution is -2.29. The number of carbonyl (C=O) groups is 1. The smallest absolute Gasteiger partial charge is 0.270 e. The highest BCUT2D eigenvalue weighted by Crippen LogP contribution is 2.24. The first-order valence-corrected chi connectivity index (χ1v) is 8.66. The SMILES string of the molecule is Cc1ccc(C(=O)NCCNc2cc(C#N)c3cc([N+](=O)[O-])ccc3n2)cc1F. The molecule has 146 valence electrons. The summed E-state index contributed by atoms with van der Waals surface area (Å²) in [4.78, 5) is 26.8. The summed E-state index contributed by atoms with van der Waals surface area (Å²) in [6.45, 7) is 2.18. The Hall–Kier alpha value is -4.06. The van der Waals surface area contributed by atoms with E-state index in [9.17, 15) is 24.6 Å². The zero-order valence-electron chi connectivity index (χ0n) is 15.4. The Balaban J connectivity index is 1.65. The summed E-state index contributed by atoms with van der Waals surface area (Å²) in [6.07, 6.45) is 0. The third-order valence-electron chi connectivity index (χ3n) is 4.27. The molecule has 1 heterocycles. The molecule has 0 spiro atoms. The van der Waals surface area contributed by atoms with Crippen LogP contribution in [0.15, 0.2) is 42.5 Å². The molecule has 29 heavy (non-hydrogen) atoms. The van der Waals surface area contributed by atoms with E-state index in [1.807, 2.05) is 6.07 Å². The quantitative estimate of drug-likeness (QED) is 0.376. The predicted molar refractivity (Wildman–Crippen MR) is 105 cm³/mol. The number of fused-ring (bicyclic) bond motifs is 1. The summed E-state index contributed by atoms with van der Waals surface area (Å²) in [5.41, 5.74) is 1.26. The first-order chi connectivity index (χ1) is 13.9. The minimum absolute atomic E-state index is 0.119.